The molecule has 10 heteroatoms. The van der Waals surface area contributed by atoms with Crippen LogP contribution in [0.2, 0.25) is 0 Å². The highest BCUT2D eigenvalue weighted by Gasteiger charge is 2.18. The third kappa shape index (κ3) is 4.51. The van der Waals surface area contributed by atoms with Gasteiger partial charge in [-0.05, 0) is 62.0 Å². The number of aryl methyl sites for hydroxylation is 2. The first-order valence-corrected chi connectivity index (χ1v) is 10.2. The van der Waals surface area contributed by atoms with Crippen molar-refractivity contribution in [3.63, 3.8) is 0 Å². The predicted molar refractivity (Wildman–Crippen MR) is 127 cm³/mol. The van der Waals surface area contributed by atoms with Crippen molar-refractivity contribution in [2.75, 3.05) is 5.32 Å². The molecule has 1 heterocycles. The van der Waals surface area contributed by atoms with Crippen molar-refractivity contribution in [1.82, 2.24) is 10.3 Å². The van der Waals surface area contributed by atoms with Crippen molar-refractivity contribution in [3.05, 3.63) is 81.4 Å². The van der Waals surface area contributed by atoms with Gasteiger partial charge in [0.05, 0.1) is 10.5 Å². The number of benzene rings is 3. The van der Waals surface area contributed by atoms with Gasteiger partial charge in [0.2, 0.25) is 5.89 Å². The zero-order valence-corrected chi connectivity index (χ0v) is 18.4. The summed E-state index contributed by atoms with van der Waals surface area (Å²) in [5.41, 5.74) is 3.02. The van der Waals surface area contributed by atoms with Crippen LogP contribution in [0.3, 0.4) is 0 Å². The van der Waals surface area contributed by atoms with E-state index in [9.17, 15) is 20.0 Å². The number of phenolic OH excluding ortho intramolecular Hbond substituents is 1. The Labute approximate surface area is 193 Å². The van der Waals surface area contributed by atoms with Gasteiger partial charge >= 0.3 is 0 Å². The number of phenols is 1. The second-order valence-electron chi connectivity index (χ2n) is 7.34. The fourth-order valence-corrected chi connectivity index (χ4v) is 3.50. The number of amides is 1. The Bertz CT molecular complexity index is 1400. The minimum absolute atomic E-state index is 0.00836. The summed E-state index contributed by atoms with van der Waals surface area (Å²) in [5.74, 6) is -0.346. The Hall–Kier alpha value is -4.31. The number of hydrogen-bond donors (Lipinski definition) is 3. The number of nitro benzene ring substituents is 1. The molecule has 3 N–H and O–H groups in total. The lowest BCUT2D eigenvalue weighted by Gasteiger charge is -2.13. The third-order valence-electron chi connectivity index (χ3n) is 4.98. The number of fused-ring (bicyclic) bond motifs is 1. The van der Waals surface area contributed by atoms with Gasteiger partial charge in [0.25, 0.3) is 11.6 Å². The highest BCUT2D eigenvalue weighted by Crippen LogP contribution is 2.36. The maximum Gasteiger partial charge on any atom is 0.273 e. The zero-order valence-electron chi connectivity index (χ0n) is 17.6. The Morgan fingerprint density at radius 1 is 1.12 bits per heavy atom. The van der Waals surface area contributed by atoms with Crippen LogP contribution >= 0.6 is 12.2 Å². The molecule has 166 valence electrons. The first-order valence-electron chi connectivity index (χ1n) is 9.80. The summed E-state index contributed by atoms with van der Waals surface area (Å²) in [6, 6.07) is 14.7. The van der Waals surface area contributed by atoms with Gasteiger partial charge in [-0.1, -0.05) is 18.2 Å². The van der Waals surface area contributed by atoms with E-state index in [4.69, 9.17) is 16.6 Å². The van der Waals surface area contributed by atoms with E-state index in [0.717, 1.165) is 0 Å². The first kappa shape index (κ1) is 21.9. The maximum absolute atomic E-state index is 12.5. The SMILES string of the molecule is Cc1ccc(C(=O)NC(=S)Nc2cc(C)c(O)c(-c3nc4ccccc4o3)c2)cc1[N+](=O)[O-]. The van der Waals surface area contributed by atoms with Gasteiger partial charge in [-0.15, -0.1) is 0 Å². The lowest BCUT2D eigenvalue weighted by Crippen LogP contribution is -2.34. The molecular weight excluding hydrogens is 444 g/mol. The topological polar surface area (TPSA) is 131 Å². The number of aromatic nitrogens is 1. The number of nitrogens with one attached hydrogen (secondary N) is 2. The number of aromatic hydroxyl groups is 1. The number of oxazole rings is 1. The molecule has 0 saturated heterocycles. The number of thiocarbonyl (C=S) groups is 1. The van der Waals surface area contributed by atoms with Crippen molar-refractivity contribution < 1.29 is 19.2 Å². The molecule has 0 unspecified atom stereocenters. The van der Waals surface area contributed by atoms with Gasteiger partial charge in [-0.2, -0.15) is 0 Å². The molecule has 3 aromatic carbocycles. The molecule has 4 aromatic rings. The Kier molecular flexibility index (Phi) is 5.76. The number of para-hydroxylation sites is 2. The molecule has 0 aliphatic rings. The van der Waals surface area contributed by atoms with Gasteiger partial charge in [-0.3, -0.25) is 20.2 Å². The number of rotatable bonds is 4. The molecule has 0 atom stereocenters. The van der Waals surface area contributed by atoms with Crippen LogP contribution in [0.25, 0.3) is 22.6 Å². The van der Waals surface area contributed by atoms with Crippen molar-refractivity contribution in [2.24, 2.45) is 0 Å². The van der Waals surface area contributed by atoms with Gasteiger partial charge in [-0.25, -0.2) is 4.98 Å². The van der Waals surface area contributed by atoms with E-state index in [0.29, 0.717) is 33.5 Å². The minimum atomic E-state index is -0.592. The molecule has 33 heavy (non-hydrogen) atoms. The van der Waals surface area contributed by atoms with Crippen LogP contribution in [0.15, 0.2) is 59.0 Å². The van der Waals surface area contributed by atoms with Gasteiger partial charge in [0, 0.05) is 22.9 Å². The number of nitrogens with zero attached hydrogens (tertiary/aromatic N) is 2. The maximum atomic E-state index is 12.5. The monoisotopic (exact) mass is 462 g/mol. The van der Waals surface area contributed by atoms with E-state index in [1.165, 1.54) is 18.2 Å². The van der Waals surface area contributed by atoms with Crippen LogP contribution in [0, 0.1) is 24.0 Å². The average molecular weight is 462 g/mol. The van der Waals surface area contributed by atoms with E-state index in [2.05, 4.69) is 15.6 Å². The molecular formula is C23H18N4O5S. The molecule has 4 rings (SSSR count). The molecule has 0 aliphatic carbocycles. The molecule has 1 amide bonds. The standard InChI is InChI=1S/C23H18N4O5S/c1-12-7-8-14(10-18(12)27(30)31)21(29)26-23(33)24-15-9-13(2)20(28)16(11-15)22-25-17-5-3-4-6-19(17)32-22/h3-11,28H,1-2H3,(H2,24,26,29,33). The van der Waals surface area contributed by atoms with E-state index in [1.807, 2.05) is 12.1 Å². The van der Waals surface area contributed by atoms with Crippen molar-refractivity contribution in [3.8, 4) is 17.2 Å². The quantitative estimate of drug-likeness (QED) is 0.170. The zero-order chi connectivity index (χ0) is 23.7. The van der Waals surface area contributed by atoms with Crippen molar-refractivity contribution in [1.29, 1.82) is 0 Å². The molecule has 0 spiro atoms. The second-order valence-corrected chi connectivity index (χ2v) is 7.75. The lowest BCUT2D eigenvalue weighted by molar-refractivity contribution is -0.385. The summed E-state index contributed by atoms with van der Waals surface area (Å²) in [7, 11) is 0. The Morgan fingerprint density at radius 2 is 1.88 bits per heavy atom. The Balaban J connectivity index is 1.55. The average Bonchev–Trinajstić information content (AvgIpc) is 3.20. The normalized spacial score (nSPS) is 10.7. The summed E-state index contributed by atoms with van der Waals surface area (Å²) in [6.07, 6.45) is 0. The Morgan fingerprint density at radius 3 is 2.61 bits per heavy atom. The van der Waals surface area contributed by atoms with Crippen LogP contribution in [-0.4, -0.2) is 26.0 Å². The predicted octanol–water partition coefficient (Wildman–Crippen LogP) is 4.85. The van der Waals surface area contributed by atoms with Crippen molar-refractivity contribution in [2.45, 2.75) is 13.8 Å². The molecule has 0 fully saturated rings. The second kappa shape index (κ2) is 8.67. The molecule has 0 saturated carbocycles. The highest BCUT2D eigenvalue weighted by molar-refractivity contribution is 7.80. The van der Waals surface area contributed by atoms with E-state index in [1.54, 1.807) is 38.1 Å². The van der Waals surface area contributed by atoms with Crippen LogP contribution < -0.4 is 10.6 Å². The number of carbonyl (C=O) groups is 1. The molecule has 0 aliphatic heterocycles. The van der Waals surface area contributed by atoms with Crippen LogP contribution in [0.4, 0.5) is 11.4 Å². The fraction of sp³-hybridized carbons (Fsp3) is 0.0870. The lowest BCUT2D eigenvalue weighted by atomic mass is 10.1. The smallest absolute Gasteiger partial charge is 0.273 e. The number of hydrogen-bond acceptors (Lipinski definition) is 7. The van der Waals surface area contributed by atoms with Crippen LogP contribution in [0.1, 0.15) is 21.5 Å². The third-order valence-corrected chi connectivity index (χ3v) is 5.18. The summed E-state index contributed by atoms with van der Waals surface area (Å²) in [6.45, 7) is 3.30. The molecule has 1 aromatic heterocycles. The summed E-state index contributed by atoms with van der Waals surface area (Å²) < 4.78 is 5.76. The van der Waals surface area contributed by atoms with Gasteiger partial charge in [0.1, 0.15) is 11.3 Å². The van der Waals surface area contributed by atoms with Crippen molar-refractivity contribution >= 4 is 45.7 Å². The number of carbonyl (C=O) groups excluding carboxylic acids is 1. The van der Waals surface area contributed by atoms with E-state index < -0.39 is 10.8 Å². The highest BCUT2D eigenvalue weighted by atomic mass is 32.1. The van der Waals surface area contributed by atoms with E-state index in [-0.39, 0.29) is 28.0 Å². The number of nitro groups is 1. The fourth-order valence-electron chi connectivity index (χ4n) is 3.29. The number of anilines is 1. The largest absolute Gasteiger partial charge is 0.507 e. The van der Waals surface area contributed by atoms with Gasteiger partial charge in [0.15, 0.2) is 10.7 Å². The van der Waals surface area contributed by atoms with E-state index >= 15 is 0 Å². The van der Waals surface area contributed by atoms with Crippen LogP contribution in [0.5, 0.6) is 5.75 Å². The first-order chi connectivity index (χ1) is 15.7. The summed E-state index contributed by atoms with van der Waals surface area (Å²) in [4.78, 5) is 27.5. The summed E-state index contributed by atoms with van der Waals surface area (Å²) >= 11 is 5.23. The van der Waals surface area contributed by atoms with Gasteiger partial charge < -0.3 is 14.8 Å². The molecule has 0 radical (unpaired) electrons. The molecule has 9 nitrogen and oxygen atoms in total. The molecule has 0 bridgehead atoms. The van der Waals surface area contributed by atoms with Crippen LogP contribution in [-0.2, 0) is 0 Å². The minimum Gasteiger partial charge on any atom is -0.507 e. The summed E-state index contributed by atoms with van der Waals surface area (Å²) in [5, 5.41) is 27.0.